The summed E-state index contributed by atoms with van der Waals surface area (Å²) in [7, 11) is 0. The third-order valence-electron chi connectivity index (χ3n) is 3.11. The van der Waals surface area contributed by atoms with Crippen LogP contribution in [0.4, 0.5) is 0 Å². The summed E-state index contributed by atoms with van der Waals surface area (Å²) in [5.41, 5.74) is 1.08. The van der Waals surface area contributed by atoms with Crippen molar-refractivity contribution in [2.24, 2.45) is 0 Å². The monoisotopic (exact) mass is 301 g/mol. The van der Waals surface area contributed by atoms with Crippen molar-refractivity contribution in [3.63, 3.8) is 0 Å². The minimum Gasteiger partial charge on any atom is -0.492 e. The molecule has 1 heterocycles. The minimum atomic E-state index is -0.352. The fraction of sp³-hybridized carbons (Fsp3) is 0.312. The number of H-pyrrole nitrogens is 1. The van der Waals surface area contributed by atoms with Gasteiger partial charge >= 0.3 is 0 Å². The van der Waals surface area contributed by atoms with Crippen LogP contribution in [0.15, 0.2) is 41.2 Å². The van der Waals surface area contributed by atoms with Crippen molar-refractivity contribution in [3.05, 3.63) is 58.0 Å². The number of carbonyl (C=O) groups excluding carboxylic acids is 1. The molecule has 0 bridgehead atoms. The Hall–Kier alpha value is -2.63. The second-order valence-electron chi connectivity index (χ2n) is 5.13. The summed E-state index contributed by atoms with van der Waals surface area (Å²) in [5, 5.41) is 8.53. The number of hydrogen-bond donors (Lipinski definition) is 2. The number of rotatable bonds is 6. The van der Waals surface area contributed by atoms with Gasteiger partial charge in [-0.2, -0.15) is 5.10 Å². The largest absolute Gasteiger partial charge is 0.492 e. The Morgan fingerprint density at radius 3 is 2.55 bits per heavy atom. The van der Waals surface area contributed by atoms with Crippen molar-refractivity contribution in [1.29, 1.82) is 0 Å². The lowest BCUT2D eigenvalue weighted by Crippen LogP contribution is -2.29. The number of nitrogens with one attached hydrogen (secondary N) is 2. The van der Waals surface area contributed by atoms with Gasteiger partial charge in [0.2, 0.25) is 0 Å². The lowest BCUT2D eigenvalue weighted by molar-refractivity contribution is 0.0941. The first-order valence-corrected chi connectivity index (χ1v) is 7.13. The maximum absolute atomic E-state index is 11.7. The highest BCUT2D eigenvalue weighted by Crippen LogP contribution is 2.18. The molecule has 2 rings (SSSR count). The molecule has 0 spiro atoms. The molecule has 0 aliphatic heterocycles. The van der Waals surface area contributed by atoms with Crippen LogP contribution < -0.4 is 15.6 Å². The molecule has 0 aliphatic carbocycles. The van der Waals surface area contributed by atoms with Gasteiger partial charge in [-0.15, -0.1) is 0 Å². The molecule has 6 nitrogen and oxygen atoms in total. The standard InChI is InChI=1S/C16H19N3O3/c1-11(2)12-3-5-13(6-4-12)22-10-9-17-16(21)14-7-8-15(20)19-18-14/h3-8,11H,9-10H2,1-2H3,(H,17,21)(H,19,20). The van der Waals surface area contributed by atoms with E-state index in [1.165, 1.54) is 17.7 Å². The average molecular weight is 301 g/mol. The zero-order valence-corrected chi connectivity index (χ0v) is 12.6. The molecule has 0 saturated heterocycles. The van der Waals surface area contributed by atoms with E-state index in [0.717, 1.165) is 5.75 Å². The summed E-state index contributed by atoms with van der Waals surface area (Å²) in [6, 6.07) is 10.5. The highest BCUT2D eigenvalue weighted by atomic mass is 16.5. The van der Waals surface area contributed by atoms with E-state index in [1.54, 1.807) is 0 Å². The van der Waals surface area contributed by atoms with E-state index in [1.807, 2.05) is 24.3 Å². The predicted molar refractivity (Wildman–Crippen MR) is 83.2 cm³/mol. The molecule has 0 unspecified atom stereocenters. The molecular formula is C16H19N3O3. The van der Waals surface area contributed by atoms with E-state index >= 15 is 0 Å². The Balaban J connectivity index is 1.75. The molecule has 1 aromatic carbocycles. The molecule has 0 saturated carbocycles. The Morgan fingerprint density at radius 2 is 1.95 bits per heavy atom. The minimum absolute atomic E-state index is 0.167. The first kappa shape index (κ1) is 15.8. The van der Waals surface area contributed by atoms with Crippen LogP contribution in [0.5, 0.6) is 5.75 Å². The first-order chi connectivity index (χ1) is 10.6. The average Bonchev–Trinajstić information content (AvgIpc) is 2.52. The van der Waals surface area contributed by atoms with E-state index in [2.05, 4.69) is 29.4 Å². The lowest BCUT2D eigenvalue weighted by atomic mass is 10.0. The molecule has 1 aromatic heterocycles. The van der Waals surface area contributed by atoms with E-state index in [0.29, 0.717) is 19.1 Å². The lowest BCUT2D eigenvalue weighted by Gasteiger charge is -2.09. The van der Waals surface area contributed by atoms with Crippen molar-refractivity contribution < 1.29 is 9.53 Å². The number of hydrogen-bond acceptors (Lipinski definition) is 4. The van der Waals surface area contributed by atoms with Gasteiger partial charge in [0.1, 0.15) is 18.1 Å². The van der Waals surface area contributed by atoms with Gasteiger partial charge in [-0.3, -0.25) is 9.59 Å². The molecule has 0 radical (unpaired) electrons. The van der Waals surface area contributed by atoms with Crippen LogP contribution in [0.3, 0.4) is 0 Å². The Kier molecular flexibility index (Phi) is 5.30. The van der Waals surface area contributed by atoms with Crippen molar-refractivity contribution in [3.8, 4) is 5.75 Å². The summed E-state index contributed by atoms with van der Waals surface area (Å²) >= 11 is 0. The van der Waals surface area contributed by atoms with Gasteiger partial charge in [0.15, 0.2) is 0 Å². The zero-order valence-electron chi connectivity index (χ0n) is 12.6. The number of aromatic amines is 1. The number of amides is 1. The molecule has 2 aromatic rings. The third-order valence-corrected chi connectivity index (χ3v) is 3.11. The summed E-state index contributed by atoms with van der Waals surface area (Å²) in [6.07, 6.45) is 0. The van der Waals surface area contributed by atoms with E-state index in [9.17, 15) is 9.59 Å². The second-order valence-corrected chi connectivity index (χ2v) is 5.13. The van der Waals surface area contributed by atoms with Crippen LogP contribution >= 0.6 is 0 Å². The number of aromatic nitrogens is 2. The molecule has 116 valence electrons. The fourth-order valence-corrected chi connectivity index (χ4v) is 1.84. The highest BCUT2D eigenvalue weighted by Gasteiger charge is 2.06. The van der Waals surface area contributed by atoms with Gasteiger partial charge in [0, 0.05) is 6.07 Å². The molecule has 22 heavy (non-hydrogen) atoms. The zero-order chi connectivity index (χ0) is 15.9. The van der Waals surface area contributed by atoms with Gasteiger partial charge in [-0.25, -0.2) is 5.10 Å². The van der Waals surface area contributed by atoms with Crippen molar-refractivity contribution >= 4 is 5.91 Å². The molecular weight excluding hydrogens is 282 g/mol. The van der Waals surface area contributed by atoms with E-state index in [4.69, 9.17) is 4.74 Å². The molecule has 6 heteroatoms. The molecule has 0 fully saturated rings. The Morgan fingerprint density at radius 1 is 1.23 bits per heavy atom. The van der Waals surface area contributed by atoms with Gasteiger partial charge in [0.25, 0.3) is 11.5 Å². The van der Waals surface area contributed by atoms with Crippen LogP contribution in [-0.4, -0.2) is 29.3 Å². The third kappa shape index (κ3) is 4.44. The molecule has 1 amide bonds. The number of ether oxygens (including phenoxy) is 1. The predicted octanol–water partition coefficient (Wildman–Crippen LogP) is 1.70. The Bertz CT molecular complexity index is 657. The molecule has 2 N–H and O–H groups in total. The highest BCUT2D eigenvalue weighted by molar-refractivity contribution is 5.91. The second kappa shape index (κ2) is 7.40. The summed E-state index contributed by atoms with van der Waals surface area (Å²) in [6.45, 7) is 4.98. The van der Waals surface area contributed by atoms with Gasteiger partial charge < -0.3 is 10.1 Å². The maximum atomic E-state index is 11.7. The van der Waals surface area contributed by atoms with Crippen molar-refractivity contribution in [2.75, 3.05) is 13.2 Å². The van der Waals surface area contributed by atoms with Crippen LogP contribution in [0.1, 0.15) is 35.8 Å². The van der Waals surface area contributed by atoms with Crippen LogP contribution in [0, 0.1) is 0 Å². The van der Waals surface area contributed by atoms with E-state index in [-0.39, 0.29) is 17.2 Å². The first-order valence-electron chi connectivity index (χ1n) is 7.13. The van der Waals surface area contributed by atoms with Crippen molar-refractivity contribution in [2.45, 2.75) is 19.8 Å². The summed E-state index contributed by atoms with van der Waals surface area (Å²) in [4.78, 5) is 22.6. The van der Waals surface area contributed by atoms with Crippen LogP contribution in [0.25, 0.3) is 0 Å². The number of nitrogens with zero attached hydrogens (tertiary/aromatic N) is 1. The van der Waals surface area contributed by atoms with Crippen LogP contribution in [-0.2, 0) is 0 Å². The molecule has 0 atom stereocenters. The number of carbonyl (C=O) groups is 1. The van der Waals surface area contributed by atoms with Gasteiger partial charge in [-0.1, -0.05) is 26.0 Å². The normalized spacial score (nSPS) is 10.5. The quantitative estimate of drug-likeness (QED) is 0.795. The summed E-state index contributed by atoms with van der Waals surface area (Å²) in [5.74, 6) is 0.897. The van der Waals surface area contributed by atoms with Gasteiger partial charge in [0.05, 0.1) is 6.54 Å². The van der Waals surface area contributed by atoms with E-state index < -0.39 is 0 Å². The SMILES string of the molecule is CC(C)c1ccc(OCCNC(=O)c2ccc(=O)[nH]n2)cc1. The van der Waals surface area contributed by atoms with Gasteiger partial charge in [-0.05, 0) is 29.7 Å². The maximum Gasteiger partial charge on any atom is 0.271 e. The topological polar surface area (TPSA) is 84.1 Å². The smallest absolute Gasteiger partial charge is 0.271 e. The van der Waals surface area contributed by atoms with Crippen molar-refractivity contribution in [1.82, 2.24) is 15.5 Å². The van der Waals surface area contributed by atoms with Crippen LogP contribution in [0.2, 0.25) is 0 Å². The number of benzene rings is 1. The summed E-state index contributed by atoms with van der Waals surface area (Å²) < 4.78 is 5.55. The fourth-order valence-electron chi connectivity index (χ4n) is 1.84. The molecule has 0 aliphatic rings. The Labute approximate surface area is 128 Å².